The molecule has 0 amide bonds. The van der Waals surface area contributed by atoms with E-state index in [9.17, 15) is 0 Å². The lowest BCUT2D eigenvalue weighted by molar-refractivity contribution is 0.299. The zero-order valence-electron chi connectivity index (χ0n) is 15.0. The van der Waals surface area contributed by atoms with E-state index in [1.165, 1.54) is 45.3 Å². The highest BCUT2D eigenvalue weighted by atomic mass is 15.3. The molecule has 0 bridgehead atoms. The van der Waals surface area contributed by atoms with Crippen LogP contribution in [0.1, 0.15) is 52.9 Å². The van der Waals surface area contributed by atoms with Gasteiger partial charge in [-0.2, -0.15) is 0 Å². The molecular weight excluding hydrogens is 272 g/mol. The van der Waals surface area contributed by atoms with Crippen LogP contribution in [0.3, 0.4) is 0 Å². The third-order valence-corrected chi connectivity index (χ3v) is 5.40. The molecule has 4 nitrogen and oxygen atoms in total. The highest BCUT2D eigenvalue weighted by molar-refractivity contribution is 5.80. The van der Waals surface area contributed by atoms with Crippen LogP contribution in [0.4, 0.5) is 0 Å². The van der Waals surface area contributed by atoms with Crippen LogP contribution in [0.25, 0.3) is 0 Å². The Bertz CT molecular complexity index is 324. The fraction of sp³-hybridized carbons (Fsp3) is 0.944. The summed E-state index contributed by atoms with van der Waals surface area (Å²) in [6.45, 7) is 14.5. The second kappa shape index (κ2) is 9.39. The Hall–Kier alpha value is -0.770. The Morgan fingerprint density at radius 1 is 1.09 bits per heavy atom. The summed E-state index contributed by atoms with van der Waals surface area (Å²) in [5.41, 5.74) is 0. The Kier molecular flexibility index (Phi) is 7.50. The van der Waals surface area contributed by atoms with Gasteiger partial charge in [-0.05, 0) is 57.7 Å². The summed E-state index contributed by atoms with van der Waals surface area (Å²) in [5.74, 6) is 3.01. The van der Waals surface area contributed by atoms with Gasteiger partial charge in [-0.3, -0.25) is 4.99 Å². The molecule has 0 radical (unpaired) electrons. The number of hydrogen-bond acceptors (Lipinski definition) is 2. The summed E-state index contributed by atoms with van der Waals surface area (Å²) < 4.78 is 0. The summed E-state index contributed by atoms with van der Waals surface area (Å²) in [4.78, 5) is 9.91. The standard InChI is InChI=1S/C18H36N4/c1-4-19-18(20-12-9-13-21(5-2)6-3)22-14-16-10-7-8-11-17(16)15-22/h16-17H,4-15H2,1-3H3,(H,19,20). The predicted octanol–water partition coefficient (Wildman–Crippen LogP) is 2.81. The van der Waals surface area contributed by atoms with Gasteiger partial charge in [0.25, 0.3) is 0 Å². The van der Waals surface area contributed by atoms with Crippen molar-refractivity contribution in [2.75, 3.05) is 45.8 Å². The van der Waals surface area contributed by atoms with Gasteiger partial charge in [0.05, 0.1) is 0 Å². The minimum absolute atomic E-state index is 0.924. The number of likely N-dealkylation sites (tertiary alicyclic amines) is 1. The van der Waals surface area contributed by atoms with Gasteiger partial charge in [0.15, 0.2) is 5.96 Å². The SMILES string of the molecule is CCNC(=NCCCN(CC)CC)N1CC2CCCCC2C1. The van der Waals surface area contributed by atoms with Gasteiger partial charge in [0, 0.05) is 26.2 Å². The van der Waals surface area contributed by atoms with E-state index in [4.69, 9.17) is 4.99 Å². The number of aliphatic imine (C=N–C) groups is 1. The molecule has 1 saturated carbocycles. The third-order valence-electron chi connectivity index (χ3n) is 5.40. The quantitative estimate of drug-likeness (QED) is 0.446. The van der Waals surface area contributed by atoms with E-state index >= 15 is 0 Å². The topological polar surface area (TPSA) is 30.9 Å². The summed E-state index contributed by atoms with van der Waals surface area (Å²) in [5, 5.41) is 3.51. The maximum absolute atomic E-state index is 4.90. The normalized spacial score (nSPS) is 25.6. The van der Waals surface area contributed by atoms with Crippen LogP contribution in [0, 0.1) is 11.8 Å². The Morgan fingerprint density at radius 3 is 2.27 bits per heavy atom. The first-order chi connectivity index (χ1) is 10.8. The maximum Gasteiger partial charge on any atom is 0.193 e. The van der Waals surface area contributed by atoms with Crippen LogP contribution in [0.5, 0.6) is 0 Å². The Morgan fingerprint density at radius 2 is 1.73 bits per heavy atom. The lowest BCUT2D eigenvalue weighted by atomic mass is 9.82. The second-order valence-corrected chi connectivity index (χ2v) is 6.83. The van der Waals surface area contributed by atoms with E-state index in [0.717, 1.165) is 50.4 Å². The molecular formula is C18H36N4. The van der Waals surface area contributed by atoms with Crippen LogP contribution in [0.2, 0.25) is 0 Å². The number of fused-ring (bicyclic) bond motifs is 1. The van der Waals surface area contributed by atoms with Crippen molar-refractivity contribution < 1.29 is 0 Å². The molecule has 22 heavy (non-hydrogen) atoms. The zero-order chi connectivity index (χ0) is 15.8. The minimum Gasteiger partial charge on any atom is -0.357 e. The molecule has 1 heterocycles. The first-order valence-electron chi connectivity index (χ1n) is 9.54. The van der Waals surface area contributed by atoms with Crippen molar-refractivity contribution in [3.05, 3.63) is 0 Å². The first kappa shape index (κ1) is 17.6. The van der Waals surface area contributed by atoms with Gasteiger partial charge in [-0.15, -0.1) is 0 Å². The molecule has 2 aliphatic rings. The third kappa shape index (κ3) is 4.87. The van der Waals surface area contributed by atoms with Crippen molar-refractivity contribution in [3.63, 3.8) is 0 Å². The fourth-order valence-electron chi connectivity index (χ4n) is 4.02. The number of rotatable bonds is 7. The van der Waals surface area contributed by atoms with Crippen LogP contribution >= 0.6 is 0 Å². The summed E-state index contributed by atoms with van der Waals surface area (Å²) in [7, 11) is 0. The second-order valence-electron chi connectivity index (χ2n) is 6.83. The molecule has 2 atom stereocenters. The van der Waals surface area contributed by atoms with E-state index in [-0.39, 0.29) is 0 Å². The smallest absolute Gasteiger partial charge is 0.193 e. The molecule has 0 aromatic heterocycles. The molecule has 128 valence electrons. The van der Waals surface area contributed by atoms with Gasteiger partial charge in [0.2, 0.25) is 0 Å². The Balaban J connectivity index is 1.82. The number of hydrogen-bond donors (Lipinski definition) is 1. The van der Waals surface area contributed by atoms with Crippen molar-refractivity contribution in [3.8, 4) is 0 Å². The van der Waals surface area contributed by atoms with Gasteiger partial charge >= 0.3 is 0 Å². The number of nitrogens with zero attached hydrogens (tertiary/aromatic N) is 3. The molecule has 1 aliphatic heterocycles. The van der Waals surface area contributed by atoms with E-state index in [1.54, 1.807) is 0 Å². The highest BCUT2D eigenvalue weighted by Gasteiger charge is 2.35. The molecule has 1 N–H and O–H groups in total. The maximum atomic E-state index is 4.90. The van der Waals surface area contributed by atoms with Crippen molar-refractivity contribution in [1.29, 1.82) is 0 Å². The molecule has 1 aliphatic carbocycles. The van der Waals surface area contributed by atoms with Crippen molar-refractivity contribution in [1.82, 2.24) is 15.1 Å². The molecule has 0 aromatic carbocycles. The molecule has 2 fully saturated rings. The number of guanidine groups is 1. The molecule has 4 heteroatoms. The lowest BCUT2D eigenvalue weighted by Crippen LogP contribution is -2.40. The van der Waals surface area contributed by atoms with Crippen LogP contribution in [-0.2, 0) is 0 Å². The van der Waals surface area contributed by atoms with Gasteiger partial charge in [-0.25, -0.2) is 0 Å². The fourth-order valence-corrected chi connectivity index (χ4v) is 4.02. The van der Waals surface area contributed by atoms with Crippen LogP contribution in [-0.4, -0.2) is 61.6 Å². The summed E-state index contributed by atoms with van der Waals surface area (Å²) >= 11 is 0. The summed E-state index contributed by atoms with van der Waals surface area (Å²) in [6.07, 6.45) is 6.90. The lowest BCUT2D eigenvalue weighted by Gasteiger charge is -2.22. The number of nitrogens with one attached hydrogen (secondary N) is 1. The van der Waals surface area contributed by atoms with E-state index < -0.39 is 0 Å². The highest BCUT2D eigenvalue weighted by Crippen LogP contribution is 2.35. The molecule has 2 unspecified atom stereocenters. The molecule has 0 spiro atoms. The first-order valence-corrected chi connectivity index (χ1v) is 9.54. The van der Waals surface area contributed by atoms with Crippen molar-refractivity contribution in [2.45, 2.75) is 52.9 Å². The molecule has 0 aromatic rings. The average molecular weight is 309 g/mol. The monoisotopic (exact) mass is 308 g/mol. The van der Waals surface area contributed by atoms with Crippen LogP contribution in [0.15, 0.2) is 4.99 Å². The molecule has 2 rings (SSSR count). The molecule has 1 saturated heterocycles. The van der Waals surface area contributed by atoms with E-state index in [1.807, 2.05) is 0 Å². The van der Waals surface area contributed by atoms with Crippen molar-refractivity contribution >= 4 is 5.96 Å². The van der Waals surface area contributed by atoms with Gasteiger partial charge in [-0.1, -0.05) is 26.7 Å². The van der Waals surface area contributed by atoms with Crippen molar-refractivity contribution in [2.24, 2.45) is 16.8 Å². The largest absolute Gasteiger partial charge is 0.357 e. The zero-order valence-corrected chi connectivity index (χ0v) is 15.0. The van der Waals surface area contributed by atoms with E-state index in [0.29, 0.717) is 0 Å². The van der Waals surface area contributed by atoms with E-state index in [2.05, 4.69) is 35.9 Å². The summed E-state index contributed by atoms with van der Waals surface area (Å²) in [6, 6.07) is 0. The van der Waals surface area contributed by atoms with Gasteiger partial charge in [0.1, 0.15) is 0 Å². The van der Waals surface area contributed by atoms with Crippen LogP contribution < -0.4 is 5.32 Å². The Labute approximate surface area is 137 Å². The minimum atomic E-state index is 0.924. The predicted molar refractivity (Wildman–Crippen MR) is 95.4 cm³/mol. The van der Waals surface area contributed by atoms with Gasteiger partial charge < -0.3 is 15.1 Å². The average Bonchev–Trinajstić information content (AvgIpc) is 2.98.